The van der Waals surface area contributed by atoms with Gasteiger partial charge in [0.2, 0.25) is 11.8 Å². The van der Waals surface area contributed by atoms with Crippen molar-refractivity contribution in [2.45, 2.75) is 5.75 Å². The van der Waals surface area contributed by atoms with E-state index in [1.807, 2.05) is 30.3 Å². The predicted molar refractivity (Wildman–Crippen MR) is 93.2 cm³/mol. The largest absolute Gasteiger partial charge is 0.493 e. The maximum Gasteiger partial charge on any atom is 0.247 e. The van der Waals surface area contributed by atoms with Crippen molar-refractivity contribution < 1.29 is 13.9 Å². The van der Waals surface area contributed by atoms with Crippen molar-refractivity contribution >= 4 is 18.0 Å². The van der Waals surface area contributed by atoms with E-state index in [0.29, 0.717) is 29.7 Å². The number of thioether (sulfide) groups is 1. The molecule has 0 aliphatic carbocycles. The second kappa shape index (κ2) is 8.31. The molecule has 1 aromatic heterocycles. The zero-order valence-corrected chi connectivity index (χ0v) is 13.7. The Morgan fingerprint density at radius 3 is 2.58 bits per heavy atom. The molecular weight excluding hydrogens is 324 g/mol. The third kappa shape index (κ3) is 4.45. The molecule has 0 N–H and O–H groups in total. The van der Waals surface area contributed by atoms with Crippen molar-refractivity contribution in [3.8, 4) is 17.2 Å². The van der Waals surface area contributed by atoms with Crippen LogP contribution in [0.25, 0.3) is 11.5 Å². The van der Waals surface area contributed by atoms with Crippen LogP contribution in [0.1, 0.15) is 16.2 Å². The van der Waals surface area contributed by atoms with E-state index in [1.54, 1.807) is 36.0 Å². The molecule has 5 nitrogen and oxygen atoms in total. The van der Waals surface area contributed by atoms with Crippen LogP contribution in [0.2, 0.25) is 0 Å². The molecule has 0 saturated heterocycles. The molecule has 0 spiro atoms. The number of carbonyl (C=O) groups is 1. The molecule has 0 amide bonds. The van der Waals surface area contributed by atoms with Gasteiger partial charge in [0.15, 0.2) is 0 Å². The lowest BCUT2D eigenvalue weighted by atomic mass is 10.1. The first-order chi connectivity index (χ1) is 11.8. The van der Waals surface area contributed by atoms with Gasteiger partial charge in [0.25, 0.3) is 0 Å². The van der Waals surface area contributed by atoms with Crippen LogP contribution in [0.3, 0.4) is 0 Å². The van der Waals surface area contributed by atoms with Crippen LogP contribution in [0.15, 0.2) is 59.0 Å². The molecule has 3 rings (SSSR count). The molecule has 0 aliphatic rings. The number of rotatable bonds is 8. The van der Waals surface area contributed by atoms with Gasteiger partial charge in [-0.25, -0.2) is 0 Å². The minimum absolute atomic E-state index is 0.462. The first-order valence-electron chi connectivity index (χ1n) is 7.49. The summed E-state index contributed by atoms with van der Waals surface area (Å²) in [6, 6.07) is 16.8. The summed E-state index contributed by atoms with van der Waals surface area (Å²) in [5, 5.41) is 8.08. The van der Waals surface area contributed by atoms with Gasteiger partial charge in [0.05, 0.1) is 12.4 Å². The normalized spacial score (nSPS) is 10.5. The average molecular weight is 340 g/mol. The summed E-state index contributed by atoms with van der Waals surface area (Å²) in [6.45, 7) is 0.628. The van der Waals surface area contributed by atoms with Gasteiger partial charge in [0, 0.05) is 16.9 Å². The molecule has 2 aromatic carbocycles. The second-order valence-electron chi connectivity index (χ2n) is 4.95. The third-order valence-corrected chi connectivity index (χ3v) is 4.13. The molecule has 0 fully saturated rings. The van der Waals surface area contributed by atoms with E-state index >= 15 is 0 Å². The Morgan fingerprint density at radius 1 is 1.04 bits per heavy atom. The molecule has 1 heterocycles. The van der Waals surface area contributed by atoms with E-state index in [4.69, 9.17) is 9.15 Å². The van der Waals surface area contributed by atoms with E-state index in [9.17, 15) is 4.79 Å². The standard InChI is InChI=1S/C18H16N2O3S/c21-12-14-6-8-15(9-7-14)18-20-19-17(23-18)13-24-11-10-22-16-4-2-1-3-5-16/h1-9,12H,10-11,13H2. The van der Waals surface area contributed by atoms with Crippen molar-refractivity contribution in [3.05, 3.63) is 66.1 Å². The maximum absolute atomic E-state index is 10.7. The van der Waals surface area contributed by atoms with Crippen LogP contribution in [0.5, 0.6) is 5.75 Å². The first kappa shape index (κ1) is 16.3. The number of nitrogens with zero attached hydrogens (tertiary/aromatic N) is 2. The quantitative estimate of drug-likeness (QED) is 0.458. The number of hydrogen-bond acceptors (Lipinski definition) is 6. The van der Waals surface area contributed by atoms with Crippen LogP contribution >= 0.6 is 11.8 Å². The fourth-order valence-corrected chi connectivity index (χ4v) is 2.66. The van der Waals surface area contributed by atoms with Gasteiger partial charge >= 0.3 is 0 Å². The van der Waals surface area contributed by atoms with Crippen LogP contribution in [-0.4, -0.2) is 28.8 Å². The summed E-state index contributed by atoms with van der Waals surface area (Å²) in [7, 11) is 0. The number of benzene rings is 2. The number of hydrogen-bond donors (Lipinski definition) is 0. The van der Waals surface area contributed by atoms with E-state index < -0.39 is 0 Å². The summed E-state index contributed by atoms with van der Waals surface area (Å²) in [5.74, 6) is 3.38. The van der Waals surface area contributed by atoms with Gasteiger partial charge in [-0.05, 0) is 24.3 Å². The van der Waals surface area contributed by atoms with E-state index in [0.717, 1.165) is 23.4 Å². The molecule has 24 heavy (non-hydrogen) atoms. The topological polar surface area (TPSA) is 65.2 Å². The second-order valence-corrected chi connectivity index (χ2v) is 6.06. The molecule has 0 aliphatic heterocycles. The molecule has 0 unspecified atom stereocenters. The maximum atomic E-state index is 10.7. The van der Waals surface area contributed by atoms with Crippen LogP contribution in [0.4, 0.5) is 0 Å². The minimum atomic E-state index is 0.462. The van der Waals surface area contributed by atoms with Crippen LogP contribution < -0.4 is 4.74 Å². The van der Waals surface area contributed by atoms with E-state index in [-0.39, 0.29) is 0 Å². The highest BCUT2D eigenvalue weighted by molar-refractivity contribution is 7.98. The van der Waals surface area contributed by atoms with Gasteiger partial charge in [-0.15, -0.1) is 22.0 Å². The molecule has 0 bridgehead atoms. The van der Waals surface area contributed by atoms with Crippen molar-refractivity contribution in [1.29, 1.82) is 0 Å². The van der Waals surface area contributed by atoms with Crippen LogP contribution in [0, 0.1) is 0 Å². The average Bonchev–Trinajstić information content (AvgIpc) is 3.11. The lowest BCUT2D eigenvalue weighted by Gasteiger charge is -2.04. The predicted octanol–water partition coefficient (Wildman–Crippen LogP) is 3.86. The van der Waals surface area contributed by atoms with Gasteiger partial charge in [0.1, 0.15) is 12.0 Å². The number of aldehydes is 1. The third-order valence-electron chi connectivity index (χ3n) is 3.23. The Morgan fingerprint density at radius 2 is 1.83 bits per heavy atom. The molecule has 0 atom stereocenters. The zero-order valence-electron chi connectivity index (χ0n) is 12.9. The van der Waals surface area contributed by atoms with E-state index in [1.165, 1.54) is 0 Å². The highest BCUT2D eigenvalue weighted by atomic mass is 32.2. The smallest absolute Gasteiger partial charge is 0.247 e. The number of carbonyl (C=O) groups excluding carboxylic acids is 1. The first-order valence-corrected chi connectivity index (χ1v) is 8.64. The highest BCUT2D eigenvalue weighted by Gasteiger charge is 2.08. The molecule has 0 saturated carbocycles. The van der Waals surface area contributed by atoms with Gasteiger partial charge in [-0.2, -0.15) is 0 Å². The minimum Gasteiger partial charge on any atom is -0.493 e. The van der Waals surface area contributed by atoms with Gasteiger partial charge in [-0.3, -0.25) is 4.79 Å². The number of ether oxygens (including phenoxy) is 1. The summed E-state index contributed by atoms with van der Waals surface area (Å²) in [5.41, 5.74) is 1.42. The lowest BCUT2D eigenvalue weighted by molar-refractivity contribution is 0.112. The van der Waals surface area contributed by atoms with E-state index in [2.05, 4.69) is 10.2 Å². The summed E-state index contributed by atoms with van der Waals surface area (Å²) in [4.78, 5) is 10.7. The van der Waals surface area contributed by atoms with Crippen molar-refractivity contribution in [1.82, 2.24) is 10.2 Å². The Bertz CT molecular complexity index is 772. The molecule has 122 valence electrons. The van der Waals surface area contributed by atoms with Gasteiger partial charge < -0.3 is 9.15 Å². The molecular formula is C18H16N2O3S. The summed E-state index contributed by atoms with van der Waals surface area (Å²) in [6.07, 6.45) is 0.803. The Kier molecular flexibility index (Phi) is 5.63. The molecule has 6 heteroatoms. The van der Waals surface area contributed by atoms with Crippen molar-refractivity contribution in [2.75, 3.05) is 12.4 Å². The van der Waals surface area contributed by atoms with Crippen molar-refractivity contribution in [2.24, 2.45) is 0 Å². The van der Waals surface area contributed by atoms with Crippen LogP contribution in [-0.2, 0) is 5.75 Å². The SMILES string of the molecule is O=Cc1ccc(-c2nnc(CSCCOc3ccccc3)o2)cc1. The van der Waals surface area contributed by atoms with Gasteiger partial charge in [-0.1, -0.05) is 30.3 Å². The summed E-state index contributed by atoms with van der Waals surface area (Å²) >= 11 is 1.67. The zero-order chi connectivity index (χ0) is 16.6. The molecule has 0 radical (unpaired) electrons. The lowest BCUT2D eigenvalue weighted by Crippen LogP contribution is -2.00. The summed E-state index contributed by atoms with van der Waals surface area (Å²) < 4.78 is 11.3. The Hall–Kier alpha value is -2.60. The monoisotopic (exact) mass is 340 g/mol. The molecule has 3 aromatic rings. The van der Waals surface area contributed by atoms with Crippen molar-refractivity contribution in [3.63, 3.8) is 0 Å². The highest BCUT2D eigenvalue weighted by Crippen LogP contribution is 2.20. The Labute approximate surface area is 144 Å². The Balaban J connectivity index is 1.45. The number of para-hydroxylation sites is 1. The fraction of sp³-hybridized carbons (Fsp3) is 0.167. The number of aromatic nitrogens is 2. The fourth-order valence-electron chi connectivity index (χ4n) is 2.03.